The van der Waals surface area contributed by atoms with Gasteiger partial charge in [0.25, 0.3) is 0 Å². The predicted octanol–water partition coefficient (Wildman–Crippen LogP) is 3.57. The van der Waals surface area contributed by atoms with Gasteiger partial charge in [-0.1, -0.05) is 0 Å². The molecule has 90 valence electrons. The van der Waals surface area contributed by atoms with Crippen molar-refractivity contribution in [1.29, 1.82) is 0 Å². The molecule has 0 unspecified atom stereocenters. The van der Waals surface area contributed by atoms with E-state index in [-0.39, 0.29) is 0 Å². The maximum atomic E-state index is 5.72. The molecule has 0 bridgehead atoms. The second-order valence-electron chi connectivity index (χ2n) is 4.08. The van der Waals surface area contributed by atoms with Crippen molar-refractivity contribution in [2.45, 2.75) is 13.5 Å². The molecule has 0 saturated carbocycles. The number of nitrogens with zero attached hydrogens (tertiary/aromatic N) is 1. The first-order valence-corrected chi connectivity index (χ1v) is 6.17. The molecule has 0 spiro atoms. The van der Waals surface area contributed by atoms with Gasteiger partial charge in [0.05, 0.1) is 12.2 Å². The number of nitrogen functional groups attached to an aromatic ring is 1. The number of furan rings is 1. The summed E-state index contributed by atoms with van der Waals surface area (Å²) in [5, 5.41) is 0. The summed E-state index contributed by atoms with van der Waals surface area (Å²) in [7, 11) is 2.02. The summed E-state index contributed by atoms with van der Waals surface area (Å²) in [6, 6.07) is 9.76. The third-order valence-electron chi connectivity index (χ3n) is 2.57. The summed E-state index contributed by atoms with van der Waals surface area (Å²) in [6.45, 7) is 2.68. The molecule has 0 amide bonds. The number of anilines is 2. The number of hydrogen-bond donors (Lipinski definition) is 1. The van der Waals surface area contributed by atoms with Crippen molar-refractivity contribution < 1.29 is 4.42 Å². The summed E-state index contributed by atoms with van der Waals surface area (Å²) < 4.78 is 6.55. The SMILES string of the molecule is Cc1ccc(CN(C)c2ccc(N)cc2Br)o1. The molecular weight excluding hydrogens is 280 g/mol. The van der Waals surface area contributed by atoms with Crippen molar-refractivity contribution >= 4 is 27.3 Å². The van der Waals surface area contributed by atoms with Crippen LogP contribution in [0.2, 0.25) is 0 Å². The zero-order valence-corrected chi connectivity index (χ0v) is 11.5. The number of nitrogens with two attached hydrogens (primary N) is 1. The molecule has 0 fully saturated rings. The second kappa shape index (κ2) is 4.84. The standard InChI is InChI=1S/C13H15BrN2O/c1-9-3-5-11(17-9)8-16(2)13-6-4-10(15)7-12(13)14/h3-7H,8,15H2,1-2H3. The van der Waals surface area contributed by atoms with E-state index in [0.717, 1.165) is 33.9 Å². The number of rotatable bonds is 3. The summed E-state index contributed by atoms with van der Waals surface area (Å²) in [4.78, 5) is 2.11. The van der Waals surface area contributed by atoms with Gasteiger partial charge in [-0.3, -0.25) is 0 Å². The largest absolute Gasteiger partial charge is 0.464 e. The Kier molecular flexibility index (Phi) is 3.43. The molecule has 1 aromatic heterocycles. The monoisotopic (exact) mass is 294 g/mol. The van der Waals surface area contributed by atoms with Crippen LogP contribution in [0.1, 0.15) is 11.5 Å². The van der Waals surface area contributed by atoms with Gasteiger partial charge in [-0.05, 0) is 53.2 Å². The van der Waals surface area contributed by atoms with Crippen molar-refractivity contribution in [2.24, 2.45) is 0 Å². The van der Waals surface area contributed by atoms with Gasteiger partial charge >= 0.3 is 0 Å². The Bertz CT molecular complexity index is 522. The Morgan fingerprint density at radius 2 is 2.06 bits per heavy atom. The van der Waals surface area contributed by atoms with Crippen LogP contribution in [-0.4, -0.2) is 7.05 Å². The first kappa shape index (κ1) is 12.0. The lowest BCUT2D eigenvalue weighted by molar-refractivity contribution is 0.482. The van der Waals surface area contributed by atoms with Gasteiger partial charge < -0.3 is 15.1 Å². The van der Waals surface area contributed by atoms with Gasteiger partial charge in [-0.25, -0.2) is 0 Å². The molecule has 2 rings (SSSR count). The number of aryl methyl sites for hydroxylation is 1. The van der Waals surface area contributed by atoms with E-state index in [9.17, 15) is 0 Å². The van der Waals surface area contributed by atoms with Crippen LogP contribution in [0, 0.1) is 6.92 Å². The quantitative estimate of drug-likeness (QED) is 0.880. The van der Waals surface area contributed by atoms with Crippen molar-refractivity contribution in [3.05, 3.63) is 46.3 Å². The molecule has 2 N–H and O–H groups in total. The van der Waals surface area contributed by atoms with Crippen LogP contribution < -0.4 is 10.6 Å². The van der Waals surface area contributed by atoms with Crippen LogP contribution in [0.4, 0.5) is 11.4 Å². The first-order valence-electron chi connectivity index (χ1n) is 5.38. The highest BCUT2D eigenvalue weighted by Gasteiger charge is 2.08. The smallest absolute Gasteiger partial charge is 0.123 e. The Balaban J connectivity index is 2.17. The highest BCUT2D eigenvalue weighted by molar-refractivity contribution is 9.10. The molecule has 2 aromatic rings. The third-order valence-corrected chi connectivity index (χ3v) is 3.21. The third kappa shape index (κ3) is 2.82. The lowest BCUT2D eigenvalue weighted by Gasteiger charge is -2.19. The Morgan fingerprint density at radius 1 is 1.29 bits per heavy atom. The van der Waals surface area contributed by atoms with Gasteiger partial charge in [0, 0.05) is 17.2 Å². The fraction of sp³-hybridized carbons (Fsp3) is 0.231. The van der Waals surface area contributed by atoms with E-state index in [1.807, 2.05) is 44.3 Å². The van der Waals surface area contributed by atoms with E-state index < -0.39 is 0 Å². The van der Waals surface area contributed by atoms with Crippen LogP contribution in [0.15, 0.2) is 39.2 Å². The Labute approximate surface area is 109 Å². The molecule has 1 heterocycles. The molecule has 0 aliphatic carbocycles. The van der Waals surface area contributed by atoms with E-state index in [4.69, 9.17) is 10.2 Å². The fourth-order valence-electron chi connectivity index (χ4n) is 1.72. The molecule has 0 aliphatic heterocycles. The average molecular weight is 295 g/mol. The zero-order chi connectivity index (χ0) is 12.4. The number of halogens is 1. The van der Waals surface area contributed by atoms with Crippen LogP contribution in [0.25, 0.3) is 0 Å². The van der Waals surface area contributed by atoms with Crippen molar-refractivity contribution in [1.82, 2.24) is 0 Å². The van der Waals surface area contributed by atoms with Gasteiger partial charge in [0.1, 0.15) is 11.5 Å². The second-order valence-corrected chi connectivity index (χ2v) is 4.93. The summed E-state index contributed by atoms with van der Waals surface area (Å²) >= 11 is 3.51. The first-order chi connectivity index (χ1) is 8.06. The maximum Gasteiger partial charge on any atom is 0.123 e. The minimum Gasteiger partial charge on any atom is -0.464 e. The summed E-state index contributed by atoms with van der Waals surface area (Å²) in [6.07, 6.45) is 0. The van der Waals surface area contributed by atoms with Gasteiger partial charge in [0.15, 0.2) is 0 Å². The maximum absolute atomic E-state index is 5.72. The fourth-order valence-corrected chi connectivity index (χ4v) is 2.42. The van der Waals surface area contributed by atoms with Crippen LogP contribution >= 0.6 is 15.9 Å². The lowest BCUT2D eigenvalue weighted by Crippen LogP contribution is -2.16. The molecule has 3 nitrogen and oxygen atoms in total. The minimum atomic E-state index is 0.732. The van der Waals surface area contributed by atoms with Crippen molar-refractivity contribution in [3.63, 3.8) is 0 Å². The van der Waals surface area contributed by atoms with Crippen molar-refractivity contribution in [2.75, 3.05) is 17.7 Å². The molecule has 0 saturated heterocycles. The normalized spacial score (nSPS) is 10.5. The highest BCUT2D eigenvalue weighted by atomic mass is 79.9. The molecule has 4 heteroatoms. The van der Waals surface area contributed by atoms with E-state index in [1.54, 1.807) is 0 Å². The minimum absolute atomic E-state index is 0.732. The number of hydrogen-bond acceptors (Lipinski definition) is 3. The Hall–Kier alpha value is -1.42. The van der Waals surface area contributed by atoms with Gasteiger partial charge in [-0.2, -0.15) is 0 Å². The highest BCUT2D eigenvalue weighted by Crippen LogP contribution is 2.28. The average Bonchev–Trinajstić information content (AvgIpc) is 2.63. The zero-order valence-electron chi connectivity index (χ0n) is 9.90. The Morgan fingerprint density at radius 3 is 2.65 bits per heavy atom. The molecule has 1 aromatic carbocycles. The molecule has 0 aliphatic rings. The molecule has 0 atom stereocenters. The molecular formula is C13H15BrN2O. The van der Waals surface area contributed by atoms with E-state index >= 15 is 0 Å². The van der Waals surface area contributed by atoms with Gasteiger partial charge in [0.2, 0.25) is 0 Å². The topological polar surface area (TPSA) is 42.4 Å². The van der Waals surface area contributed by atoms with E-state index in [2.05, 4.69) is 20.8 Å². The summed E-state index contributed by atoms with van der Waals surface area (Å²) in [5.41, 5.74) is 7.56. The number of benzene rings is 1. The van der Waals surface area contributed by atoms with Gasteiger partial charge in [-0.15, -0.1) is 0 Å². The molecule has 0 radical (unpaired) electrons. The van der Waals surface area contributed by atoms with Crippen molar-refractivity contribution in [3.8, 4) is 0 Å². The lowest BCUT2D eigenvalue weighted by atomic mass is 10.2. The van der Waals surface area contributed by atoms with Crippen LogP contribution in [0.5, 0.6) is 0 Å². The van der Waals surface area contributed by atoms with Crippen LogP contribution in [-0.2, 0) is 6.54 Å². The van der Waals surface area contributed by atoms with E-state index in [0.29, 0.717) is 0 Å². The van der Waals surface area contributed by atoms with E-state index in [1.165, 1.54) is 0 Å². The molecule has 17 heavy (non-hydrogen) atoms. The van der Waals surface area contributed by atoms with Crippen LogP contribution in [0.3, 0.4) is 0 Å². The summed E-state index contributed by atoms with van der Waals surface area (Å²) in [5.74, 6) is 1.89. The predicted molar refractivity (Wildman–Crippen MR) is 74.1 cm³/mol.